The zero-order valence-corrected chi connectivity index (χ0v) is 17.3. The number of hydrogen-bond donors (Lipinski definition) is 1. The van der Waals surface area contributed by atoms with Crippen LogP contribution < -0.4 is 4.72 Å². The average Bonchev–Trinajstić information content (AvgIpc) is 2.92. The summed E-state index contributed by atoms with van der Waals surface area (Å²) < 4.78 is 71.2. The Balaban J connectivity index is 2.11. The highest BCUT2D eigenvalue weighted by Crippen LogP contribution is 2.36. The number of nitrogens with zero attached hydrogens (tertiary/aromatic N) is 1. The highest BCUT2D eigenvalue weighted by molar-refractivity contribution is 9.10. The Kier molecular flexibility index (Phi) is 6.18. The highest BCUT2D eigenvalue weighted by atomic mass is 79.9. The standard InChI is InChI=1S/C16H20BrF3N2O4S/c1-15(2,3)26-14(23)22-7-6-10(9-22)21-27(24,25)11-4-5-13(17)12(8-11)16(18,19)20/h4-5,8,10,21H,6-7,9H2,1-3H3/t10-/m0/s1. The molecule has 152 valence electrons. The molecule has 11 heteroatoms. The van der Waals surface area contributed by atoms with Crippen molar-refractivity contribution in [1.82, 2.24) is 9.62 Å². The molecule has 0 saturated carbocycles. The third-order valence-corrected chi connectivity index (χ3v) is 5.92. The number of alkyl halides is 3. The van der Waals surface area contributed by atoms with Gasteiger partial charge in [0.2, 0.25) is 10.0 Å². The van der Waals surface area contributed by atoms with Gasteiger partial charge in [0, 0.05) is 23.6 Å². The monoisotopic (exact) mass is 472 g/mol. The SMILES string of the molecule is CC(C)(C)OC(=O)N1CC[C@H](NS(=O)(=O)c2ccc(Br)c(C(F)(F)F)c2)C1. The average molecular weight is 473 g/mol. The van der Waals surface area contributed by atoms with E-state index >= 15 is 0 Å². The summed E-state index contributed by atoms with van der Waals surface area (Å²) in [6.45, 7) is 5.51. The van der Waals surface area contributed by atoms with Crippen molar-refractivity contribution < 1.29 is 31.1 Å². The lowest BCUT2D eigenvalue weighted by atomic mass is 10.2. The minimum Gasteiger partial charge on any atom is -0.444 e. The molecule has 1 N–H and O–H groups in total. The van der Waals surface area contributed by atoms with Crippen molar-refractivity contribution in [2.45, 2.75) is 49.9 Å². The molecule has 1 amide bonds. The van der Waals surface area contributed by atoms with E-state index in [-0.39, 0.29) is 17.6 Å². The van der Waals surface area contributed by atoms with Gasteiger partial charge in [0.25, 0.3) is 0 Å². The van der Waals surface area contributed by atoms with E-state index < -0.39 is 44.4 Å². The molecule has 1 atom stereocenters. The van der Waals surface area contributed by atoms with Gasteiger partial charge in [0.15, 0.2) is 0 Å². The lowest BCUT2D eigenvalue weighted by Gasteiger charge is -2.24. The fraction of sp³-hybridized carbons (Fsp3) is 0.562. The van der Waals surface area contributed by atoms with Crippen LogP contribution in [0, 0.1) is 0 Å². The van der Waals surface area contributed by atoms with Gasteiger partial charge in [0.1, 0.15) is 5.60 Å². The first-order chi connectivity index (χ1) is 12.2. The number of nitrogens with one attached hydrogen (secondary N) is 1. The van der Waals surface area contributed by atoms with Crippen LogP contribution in [0.4, 0.5) is 18.0 Å². The number of rotatable bonds is 3. The topological polar surface area (TPSA) is 75.7 Å². The van der Waals surface area contributed by atoms with Gasteiger partial charge in [-0.25, -0.2) is 17.9 Å². The van der Waals surface area contributed by atoms with E-state index in [1.807, 2.05) is 0 Å². The Bertz CT molecular complexity index is 822. The van der Waals surface area contributed by atoms with E-state index in [0.29, 0.717) is 12.5 Å². The molecule has 0 spiro atoms. The van der Waals surface area contributed by atoms with Gasteiger partial charge in [-0.3, -0.25) is 0 Å². The number of carbonyl (C=O) groups is 1. The van der Waals surface area contributed by atoms with Crippen LogP contribution in [0.2, 0.25) is 0 Å². The molecule has 1 aromatic carbocycles. The van der Waals surface area contributed by atoms with Crippen LogP contribution in [0.3, 0.4) is 0 Å². The molecule has 0 aliphatic carbocycles. The number of carbonyl (C=O) groups excluding carboxylic acids is 1. The summed E-state index contributed by atoms with van der Waals surface area (Å²) in [6, 6.07) is 2.09. The molecule has 1 aromatic rings. The molecule has 0 radical (unpaired) electrons. The summed E-state index contributed by atoms with van der Waals surface area (Å²) >= 11 is 2.78. The third-order valence-electron chi connectivity index (χ3n) is 3.72. The number of ether oxygens (including phenoxy) is 1. The van der Waals surface area contributed by atoms with Crippen molar-refractivity contribution in [1.29, 1.82) is 0 Å². The molecule has 27 heavy (non-hydrogen) atoms. The van der Waals surface area contributed by atoms with Gasteiger partial charge in [-0.15, -0.1) is 0 Å². The second kappa shape index (κ2) is 7.59. The highest BCUT2D eigenvalue weighted by Gasteiger charge is 2.36. The van der Waals surface area contributed by atoms with Crippen molar-refractivity contribution >= 4 is 32.0 Å². The van der Waals surface area contributed by atoms with E-state index in [9.17, 15) is 26.4 Å². The van der Waals surface area contributed by atoms with E-state index in [1.54, 1.807) is 20.8 Å². The number of hydrogen-bond acceptors (Lipinski definition) is 4. The van der Waals surface area contributed by atoms with Crippen LogP contribution in [0.5, 0.6) is 0 Å². The third kappa shape index (κ3) is 5.82. The maximum Gasteiger partial charge on any atom is 0.417 e. The van der Waals surface area contributed by atoms with Crippen LogP contribution >= 0.6 is 15.9 Å². The summed E-state index contributed by atoms with van der Waals surface area (Å²) in [6.07, 6.45) is -4.92. The zero-order valence-electron chi connectivity index (χ0n) is 14.9. The molecule has 1 heterocycles. The van der Waals surface area contributed by atoms with Crippen molar-refractivity contribution in [2.24, 2.45) is 0 Å². The molecule has 0 unspecified atom stereocenters. The maximum absolute atomic E-state index is 13.0. The maximum atomic E-state index is 13.0. The summed E-state index contributed by atoms with van der Waals surface area (Å²) in [5, 5.41) is 0. The molecule has 0 aromatic heterocycles. The molecule has 0 bridgehead atoms. The summed E-state index contributed by atoms with van der Waals surface area (Å²) in [5.74, 6) is 0. The van der Waals surface area contributed by atoms with Crippen LogP contribution in [-0.2, 0) is 20.9 Å². The Hall–Kier alpha value is -1.33. The van der Waals surface area contributed by atoms with Gasteiger partial charge in [-0.1, -0.05) is 15.9 Å². The lowest BCUT2D eigenvalue weighted by Crippen LogP contribution is -2.40. The summed E-state index contributed by atoms with van der Waals surface area (Å²) in [5.41, 5.74) is -1.76. The minimum atomic E-state index is -4.69. The fourth-order valence-electron chi connectivity index (χ4n) is 2.53. The van der Waals surface area contributed by atoms with Crippen LogP contribution in [-0.4, -0.2) is 44.1 Å². The second-order valence-corrected chi connectivity index (χ2v) is 9.74. The van der Waals surface area contributed by atoms with Crippen molar-refractivity contribution in [2.75, 3.05) is 13.1 Å². The van der Waals surface area contributed by atoms with Crippen LogP contribution in [0.1, 0.15) is 32.8 Å². The number of halogens is 4. The van der Waals surface area contributed by atoms with E-state index in [1.165, 1.54) is 4.90 Å². The molecule has 1 aliphatic rings. The van der Waals surface area contributed by atoms with Gasteiger partial charge in [-0.05, 0) is 45.4 Å². The molecular formula is C16H20BrF3N2O4S. The Morgan fingerprint density at radius 3 is 2.48 bits per heavy atom. The van der Waals surface area contributed by atoms with E-state index in [4.69, 9.17) is 4.74 Å². The Morgan fingerprint density at radius 2 is 1.93 bits per heavy atom. The first kappa shape index (κ1) is 22.0. The number of benzene rings is 1. The molecular weight excluding hydrogens is 453 g/mol. The van der Waals surface area contributed by atoms with E-state index in [0.717, 1.165) is 12.1 Å². The number of sulfonamides is 1. The molecule has 1 saturated heterocycles. The summed E-state index contributed by atoms with van der Waals surface area (Å²) in [4.78, 5) is 12.9. The molecule has 2 rings (SSSR count). The smallest absolute Gasteiger partial charge is 0.417 e. The molecule has 1 fully saturated rings. The number of likely N-dealkylation sites (tertiary alicyclic amines) is 1. The second-order valence-electron chi connectivity index (χ2n) is 7.17. The van der Waals surface area contributed by atoms with Crippen molar-refractivity contribution in [3.05, 3.63) is 28.2 Å². The molecule has 6 nitrogen and oxygen atoms in total. The normalized spacial score (nSPS) is 18.6. The zero-order chi connectivity index (χ0) is 20.6. The molecule has 1 aliphatic heterocycles. The first-order valence-corrected chi connectivity index (χ1v) is 10.3. The predicted molar refractivity (Wildman–Crippen MR) is 95.7 cm³/mol. The van der Waals surface area contributed by atoms with Gasteiger partial charge < -0.3 is 9.64 Å². The lowest BCUT2D eigenvalue weighted by molar-refractivity contribution is -0.138. The number of amides is 1. The largest absolute Gasteiger partial charge is 0.444 e. The van der Waals surface area contributed by atoms with Gasteiger partial charge in [-0.2, -0.15) is 13.2 Å². The van der Waals surface area contributed by atoms with Crippen molar-refractivity contribution in [3.63, 3.8) is 0 Å². The van der Waals surface area contributed by atoms with Crippen LogP contribution in [0.15, 0.2) is 27.6 Å². The first-order valence-electron chi connectivity index (χ1n) is 8.06. The van der Waals surface area contributed by atoms with Gasteiger partial charge >= 0.3 is 12.3 Å². The fourth-order valence-corrected chi connectivity index (χ4v) is 4.28. The van der Waals surface area contributed by atoms with Crippen molar-refractivity contribution in [3.8, 4) is 0 Å². The van der Waals surface area contributed by atoms with Gasteiger partial charge in [0.05, 0.1) is 10.5 Å². The Labute approximate surface area is 164 Å². The Morgan fingerprint density at radius 1 is 1.30 bits per heavy atom. The quantitative estimate of drug-likeness (QED) is 0.726. The van der Waals surface area contributed by atoms with Crippen LogP contribution in [0.25, 0.3) is 0 Å². The minimum absolute atomic E-state index is 0.0802. The summed E-state index contributed by atoms with van der Waals surface area (Å²) in [7, 11) is -4.18. The predicted octanol–water partition coefficient (Wildman–Crippen LogP) is 3.76. The van der Waals surface area contributed by atoms with E-state index in [2.05, 4.69) is 20.7 Å².